The zero-order valence-electron chi connectivity index (χ0n) is 16.4. The molecule has 0 radical (unpaired) electrons. The van der Waals surface area contributed by atoms with Crippen molar-refractivity contribution in [2.45, 2.75) is 6.61 Å². The molecule has 0 N–H and O–H groups in total. The zero-order valence-corrected chi connectivity index (χ0v) is 16.4. The number of fused-ring (bicyclic) bond motifs is 1. The van der Waals surface area contributed by atoms with Crippen LogP contribution in [0, 0.1) is 0 Å². The van der Waals surface area contributed by atoms with Gasteiger partial charge in [0.05, 0.1) is 11.2 Å². The predicted octanol–water partition coefficient (Wildman–Crippen LogP) is 4.67. The number of aromatic nitrogens is 5. The molecule has 30 heavy (non-hydrogen) atoms. The molecule has 0 aliphatic carbocycles. The molecule has 0 aliphatic rings. The number of pyridine rings is 3. The minimum Gasteiger partial charge on any atom is -0.487 e. The van der Waals surface area contributed by atoms with Gasteiger partial charge in [-0.3, -0.25) is 14.6 Å². The minimum atomic E-state index is 0.406. The summed E-state index contributed by atoms with van der Waals surface area (Å²) in [5.41, 5.74) is 5.92. The van der Waals surface area contributed by atoms with Crippen LogP contribution in [0.4, 0.5) is 0 Å². The summed E-state index contributed by atoms with van der Waals surface area (Å²) < 4.78 is 7.77. The molecule has 4 aromatic heterocycles. The van der Waals surface area contributed by atoms with Crippen molar-refractivity contribution in [2.75, 3.05) is 0 Å². The highest BCUT2D eigenvalue weighted by molar-refractivity contribution is 5.80. The number of hydrogen-bond acceptors (Lipinski definition) is 5. The number of aryl methyl sites for hydroxylation is 1. The van der Waals surface area contributed by atoms with E-state index < -0.39 is 0 Å². The molecule has 0 saturated heterocycles. The van der Waals surface area contributed by atoms with Crippen molar-refractivity contribution in [1.82, 2.24) is 24.7 Å². The Morgan fingerprint density at radius 1 is 0.833 bits per heavy atom. The fourth-order valence-electron chi connectivity index (χ4n) is 3.40. The Balaban J connectivity index is 1.35. The molecule has 4 heterocycles. The van der Waals surface area contributed by atoms with E-state index in [0.29, 0.717) is 6.61 Å². The average molecular weight is 392 g/mol. The van der Waals surface area contributed by atoms with E-state index in [9.17, 15) is 0 Å². The third-order valence-electron chi connectivity index (χ3n) is 4.88. The van der Waals surface area contributed by atoms with Gasteiger partial charge in [-0.15, -0.1) is 0 Å². The first-order chi connectivity index (χ1) is 14.8. The van der Waals surface area contributed by atoms with Crippen LogP contribution in [0.15, 0.2) is 85.6 Å². The van der Waals surface area contributed by atoms with Gasteiger partial charge in [0.15, 0.2) is 0 Å². The van der Waals surface area contributed by atoms with E-state index in [-0.39, 0.29) is 0 Å². The Morgan fingerprint density at radius 2 is 1.63 bits per heavy atom. The van der Waals surface area contributed by atoms with Crippen molar-refractivity contribution in [3.05, 3.63) is 91.3 Å². The monoisotopic (exact) mass is 392 g/mol. The van der Waals surface area contributed by atoms with E-state index in [4.69, 9.17) is 4.74 Å². The van der Waals surface area contributed by atoms with Crippen LogP contribution in [-0.2, 0) is 13.7 Å². The lowest BCUT2D eigenvalue weighted by Crippen LogP contribution is -1.98. The molecule has 0 saturated carbocycles. The first-order valence-corrected chi connectivity index (χ1v) is 9.63. The van der Waals surface area contributed by atoms with Crippen molar-refractivity contribution < 1.29 is 4.74 Å². The molecule has 146 valence electrons. The molecule has 0 aliphatic heterocycles. The molecular weight excluding hydrogens is 373 g/mol. The molecule has 5 aromatic rings. The Bertz CT molecular complexity index is 1300. The summed E-state index contributed by atoms with van der Waals surface area (Å²) in [5, 5.41) is 5.67. The summed E-state index contributed by atoms with van der Waals surface area (Å²) >= 11 is 0. The Kier molecular flexibility index (Phi) is 4.65. The summed E-state index contributed by atoms with van der Waals surface area (Å²) in [6.45, 7) is 0.406. The second-order valence-corrected chi connectivity index (χ2v) is 6.98. The van der Waals surface area contributed by atoms with E-state index in [1.54, 1.807) is 18.6 Å². The summed E-state index contributed by atoms with van der Waals surface area (Å²) in [4.78, 5) is 12.8. The average Bonchev–Trinajstić information content (AvgIpc) is 3.20. The van der Waals surface area contributed by atoms with E-state index >= 15 is 0 Å². The van der Waals surface area contributed by atoms with Crippen LogP contribution in [-0.4, -0.2) is 24.7 Å². The van der Waals surface area contributed by atoms with Gasteiger partial charge in [0, 0.05) is 54.5 Å². The van der Waals surface area contributed by atoms with E-state index in [1.807, 2.05) is 78.7 Å². The van der Waals surface area contributed by atoms with Crippen molar-refractivity contribution in [3.63, 3.8) is 0 Å². The maximum atomic E-state index is 5.94. The SMILES string of the molecule is [11CH3]n1cc(-c2ccncc2)c(-c2ccc(OCc3ccc4cnccc4n3)cc2)n1. The molecule has 0 unspecified atom stereocenters. The fourth-order valence-corrected chi connectivity index (χ4v) is 3.40. The van der Waals surface area contributed by atoms with Gasteiger partial charge in [0.2, 0.25) is 0 Å². The van der Waals surface area contributed by atoms with E-state index in [1.165, 1.54) is 0 Å². The molecule has 1 aromatic carbocycles. The fraction of sp³-hybridized carbons (Fsp3) is 0.0833. The van der Waals surface area contributed by atoms with Gasteiger partial charge in [-0.05, 0) is 60.2 Å². The second kappa shape index (κ2) is 7.75. The van der Waals surface area contributed by atoms with Crippen molar-refractivity contribution in [1.29, 1.82) is 0 Å². The molecular formula is C24H19N5O. The standard InChI is InChI=1S/C24H19N5O/c1-29-15-22(17-8-11-25-12-9-17)24(28-29)18-3-6-21(7-4-18)30-16-20-5-2-19-14-26-13-10-23(19)27-20/h2-15H,16H2,1H3/i1-1. The van der Waals surface area contributed by atoms with Gasteiger partial charge in [-0.2, -0.15) is 5.10 Å². The maximum absolute atomic E-state index is 5.94. The van der Waals surface area contributed by atoms with Crippen LogP contribution >= 0.6 is 0 Å². The van der Waals surface area contributed by atoms with Crippen LogP contribution in [0.25, 0.3) is 33.3 Å². The van der Waals surface area contributed by atoms with Gasteiger partial charge in [0.1, 0.15) is 18.1 Å². The highest BCUT2D eigenvalue weighted by Crippen LogP contribution is 2.31. The van der Waals surface area contributed by atoms with Gasteiger partial charge in [-0.25, -0.2) is 4.98 Å². The molecule has 0 atom stereocenters. The van der Waals surface area contributed by atoms with Gasteiger partial charge >= 0.3 is 0 Å². The Hall–Kier alpha value is -4.06. The molecule has 0 fully saturated rings. The smallest absolute Gasteiger partial charge is 0.130 e. The molecule has 6 nitrogen and oxygen atoms in total. The summed E-state index contributed by atoms with van der Waals surface area (Å²) in [5.74, 6) is 0.789. The van der Waals surface area contributed by atoms with Crippen LogP contribution in [0.1, 0.15) is 5.69 Å². The lowest BCUT2D eigenvalue weighted by atomic mass is 10.0. The van der Waals surface area contributed by atoms with Gasteiger partial charge < -0.3 is 4.74 Å². The molecule has 6 heteroatoms. The topological polar surface area (TPSA) is 65.7 Å². The third-order valence-corrected chi connectivity index (χ3v) is 4.88. The maximum Gasteiger partial charge on any atom is 0.130 e. The highest BCUT2D eigenvalue weighted by atomic mass is 16.5. The Morgan fingerprint density at radius 3 is 2.47 bits per heavy atom. The lowest BCUT2D eigenvalue weighted by Gasteiger charge is -2.08. The van der Waals surface area contributed by atoms with E-state index in [2.05, 4.69) is 20.1 Å². The van der Waals surface area contributed by atoms with Crippen molar-refractivity contribution in [3.8, 4) is 28.1 Å². The number of ether oxygens (including phenoxy) is 1. The second-order valence-electron chi connectivity index (χ2n) is 6.98. The number of rotatable bonds is 5. The molecule has 0 spiro atoms. The first kappa shape index (κ1) is 18.0. The van der Waals surface area contributed by atoms with Crippen LogP contribution < -0.4 is 4.74 Å². The summed E-state index contributed by atoms with van der Waals surface area (Å²) in [7, 11) is 1.93. The van der Waals surface area contributed by atoms with Crippen LogP contribution in [0.2, 0.25) is 0 Å². The predicted molar refractivity (Wildman–Crippen MR) is 116 cm³/mol. The normalized spacial score (nSPS) is 11.0. The van der Waals surface area contributed by atoms with Crippen LogP contribution in [0.5, 0.6) is 5.75 Å². The van der Waals surface area contributed by atoms with E-state index in [0.717, 1.165) is 44.7 Å². The third kappa shape index (κ3) is 3.63. The number of hydrogen-bond donors (Lipinski definition) is 0. The quantitative estimate of drug-likeness (QED) is 0.435. The summed E-state index contributed by atoms with van der Waals surface area (Å²) in [6, 6.07) is 17.8. The number of nitrogens with zero attached hydrogens (tertiary/aromatic N) is 5. The van der Waals surface area contributed by atoms with Gasteiger partial charge in [-0.1, -0.05) is 0 Å². The number of benzene rings is 1. The van der Waals surface area contributed by atoms with Crippen LogP contribution in [0.3, 0.4) is 0 Å². The summed E-state index contributed by atoms with van der Waals surface area (Å²) in [6.07, 6.45) is 9.16. The molecule has 5 rings (SSSR count). The van der Waals surface area contributed by atoms with Gasteiger partial charge in [0.25, 0.3) is 0 Å². The largest absolute Gasteiger partial charge is 0.487 e. The molecule has 0 amide bonds. The minimum absolute atomic E-state index is 0.406. The van der Waals surface area contributed by atoms with Crippen molar-refractivity contribution in [2.24, 2.45) is 7.05 Å². The first-order valence-electron chi connectivity index (χ1n) is 9.63. The Labute approximate surface area is 173 Å². The van der Waals surface area contributed by atoms with Crippen molar-refractivity contribution >= 4 is 10.9 Å². The highest BCUT2D eigenvalue weighted by Gasteiger charge is 2.12. The molecule has 0 bridgehead atoms. The lowest BCUT2D eigenvalue weighted by molar-refractivity contribution is 0.302. The zero-order chi connectivity index (χ0) is 20.3.